The highest BCUT2D eigenvalue weighted by atomic mass is 35.5. The summed E-state index contributed by atoms with van der Waals surface area (Å²) in [6.45, 7) is 0.0632. The number of fused-ring (bicyclic) bond motifs is 1. The Morgan fingerprint density at radius 2 is 2.07 bits per heavy atom. The number of halogens is 1. The van der Waals surface area contributed by atoms with E-state index >= 15 is 0 Å². The van der Waals surface area contributed by atoms with Gasteiger partial charge < -0.3 is 14.5 Å². The zero-order valence-corrected chi connectivity index (χ0v) is 18.5. The maximum Gasteiger partial charge on any atom is 0.287 e. The van der Waals surface area contributed by atoms with Crippen LogP contribution in [0.25, 0.3) is 10.2 Å². The van der Waals surface area contributed by atoms with E-state index in [0.29, 0.717) is 5.02 Å². The first-order valence-corrected chi connectivity index (χ1v) is 12.3. The lowest BCUT2D eigenvalue weighted by Gasteiger charge is -2.69. The van der Waals surface area contributed by atoms with Crippen LogP contribution in [0.3, 0.4) is 0 Å². The molecule has 0 unspecified atom stereocenters. The Bertz CT molecular complexity index is 1240. The summed E-state index contributed by atoms with van der Waals surface area (Å²) in [4.78, 5) is 17.4. The quantitative estimate of drug-likeness (QED) is 0.571. The molecule has 7 nitrogen and oxygen atoms in total. The number of hydrogen-bond donors (Lipinski definition) is 1. The molecule has 6 rings (SSSR count). The number of furan rings is 1. The van der Waals surface area contributed by atoms with Gasteiger partial charge in [-0.2, -0.15) is 0 Å². The summed E-state index contributed by atoms with van der Waals surface area (Å²) in [6, 6.07) is 8.43. The zero-order chi connectivity index (χ0) is 21.1. The normalized spacial score (nSPS) is 25.0. The Hall–Kier alpha value is -1.94. The van der Waals surface area contributed by atoms with E-state index < -0.39 is 15.7 Å². The Morgan fingerprint density at radius 3 is 2.80 bits per heavy atom. The number of methoxy groups -OCH3 is 1. The Kier molecular flexibility index (Phi) is 4.52. The fraction of sp³-hybridized carbons (Fsp3) is 0.400. The van der Waals surface area contributed by atoms with Gasteiger partial charge in [0.15, 0.2) is 5.76 Å². The summed E-state index contributed by atoms with van der Waals surface area (Å²) in [5.41, 5.74) is 0.651. The van der Waals surface area contributed by atoms with E-state index in [1.54, 1.807) is 11.3 Å². The number of amides is 1. The molecule has 2 bridgehead atoms. The Morgan fingerprint density at radius 1 is 1.30 bits per heavy atom. The minimum Gasteiger partial charge on any atom is -0.440 e. The lowest BCUT2D eigenvalue weighted by molar-refractivity contribution is -0.0811. The number of aromatic nitrogens is 1. The fourth-order valence-corrected chi connectivity index (χ4v) is 6.86. The largest absolute Gasteiger partial charge is 0.440 e. The van der Waals surface area contributed by atoms with Crippen molar-refractivity contribution in [2.75, 3.05) is 19.5 Å². The standard InChI is InChI=1S/C20H19ClN2O5S2/c1-27-6-7-30(25,26)16-5-3-14(28-16)17(24)23-20-9-19(10-20,11-20)18-22-13-8-12(21)2-4-15(13)29-18/h2-5,8H,6-7,9-11H2,1H3,(H,23,24). The van der Waals surface area contributed by atoms with Crippen molar-refractivity contribution in [2.24, 2.45) is 0 Å². The molecule has 3 aliphatic carbocycles. The highest BCUT2D eigenvalue weighted by Crippen LogP contribution is 2.68. The van der Waals surface area contributed by atoms with E-state index in [0.717, 1.165) is 34.5 Å². The van der Waals surface area contributed by atoms with Gasteiger partial charge in [-0.05, 0) is 49.6 Å². The molecule has 0 spiro atoms. The molecule has 1 aromatic carbocycles. The molecular weight excluding hydrogens is 448 g/mol. The first kappa shape index (κ1) is 20.0. The third kappa shape index (κ3) is 3.15. The van der Waals surface area contributed by atoms with Crippen molar-refractivity contribution in [3.63, 3.8) is 0 Å². The summed E-state index contributed by atoms with van der Waals surface area (Å²) in [6.07, 6.45) is 2.46. The van der Waals surface area contributed by atoms with E-state index in [9.17, 15) is 13.2 Å². The number of carbonyl (C=O) groups is 1. The number of benzene rings is 1. The molecule has 158 valence electrons. The van der Waals surface area contributed by atoms with Gasteiger partial charge in [-0.15, -0.1) is 11.3 Å². The minimum atomic E-state index is -3.61. The molecule has 3 saturated carbocycles. The van der Waals surface area contributed by atoms with Crippen molar-refractivity contribution in [1.82, 2.24) is 10.3 Å². The molecule has 0 radical (unpaired) electrons. The second-order valence-electron chi connectivity index (χ2n) is 8.11. The van der Waals surface area contributed by atoms with E-state index in [-0.39, 0.29) is 34.2 Å². The van der Waals surface area contributed by atoms with E-state index in [2.05, 4.69) is 5.32 Å². The van der Waals surface area contributed by atoms with E-state index in [4.69, 9.17) is 25.7 Å². The topological polar surface area (TPSA) is 98.5 Å². The molecular formula is C20H19ClN2O5S2. The third-order valence-corrected chi connectivity index (χ3v) is 8.93. The molecule has 3 aromatic rings. The molecule has 0 atom stereocenters. The van der Waals surface area contributed by atoms with Crippen molar-refractivity contribution < 1.29 is 22.4 Å². The molecule has 3 fully saturated rings. The predicted molar refractivity (Wildman–Crippen MR) is 113 cm³/mol. The summed E-state index contributed by atoms with van der Waals surface area (Å²) in [7, 11) is -2.18. The second kappa shape index (κ2) is 6.78. The minimum absolute atomic E-state index is 0.000559. The van der Waals surface area contributed by atoms with Gasteiger partial charge in [0.1, 0.15) is 5.01 Å². The maximum absolute atomic E-state index is 12.6. The van der Waals surface area contributed by atoms with Gasteiger partial charge in [-0.3, -0.25) is 4.79 Å². The number of hydrogen-bond acceptors (Lipinski definition) is 7. The van der Waals surface area contributed by atoms with Crippen LogP contribution < -0.4 is 5.32 Å². The summed E-state index contributed by atoms with van der Waals surface area (Å²) >= 11 is 7.73. The van der Waals surface area contributed by atoms with Crippen molar-refractivity contribution in [1.29, 1.82) is 0 Å². The summed E-state index contributed by atoms with van der Waals surface area (Å²) in [5, 5.41) is 4.56. The molecule has 0 saturated heterocycles. The molecule has 2 aromatic heterocycles. The average molecular weight is 467 g/mol. The summed E-state index contributed by atoms with van der Waals surface area (Å²) < 4.78 is 35.6. The predicted octanol–water partition coefficient (Wildman–Crippen LogP) is 3.57. The van der Waals surface area contributed by atoms with Crippen molar-refractivity contribution in [3.8, 4) is 0 Å². The molecule has 1 N–H and O–H groups in total. The first-order valence-electron chi connectivity index (χ1n) is 9.45. The molecule has 2 heterocycles. The number of ether oxygens (including phenoxy) is 1. The zero-order valence-electron chi connectivity index (χ0n) is 16.1. The number of sulfone groups is 1. The van der Waals surface area contributed by atoms with Gasteiger partial charge >= 0.3 is 0 Å². The first-order chi connectivity index (χ1) is 14.2. The number of thiazole rings is 1. The van der Waals surface area contributed by atoms with Crippen LogP contribution in [0.2, 0.25) is 5.02 Å². The van der Waals surface area contributed by atoms with Crippen molar-refractivity contribution >= 4 is 48.9 Å². The van der Waals surface area contributed by atoms with Crippen LogP contribution in [0.15, 0.2) is 39.8 Å². The van der Waals surface area contributed by atoms with Gasteiger partial charge in [0.25, 0.3) is 5.91 Å². The van der Waals surface area contributed by atoms with Crippen molar-refractivity contribution in [3.05, 3.63) is 46.1 Å². The molecule has 30 heavy (non-hydrogen) atoms. The maximum atomic E-state index is 12.6. The number of nitrogens with one attached hydrogen (secondary N) is 1. The van der Waals surface area contributed by atoms with Gasteiger partial charge in [0.05, 0.1) is 22.6 Å². The summed E-state index contributed by atoms with van der Waals surface area (Å²) in [5.74, 6) is -0.593. The highest BCUT2D eigenvalue weighted by Gasteiger charge is 2.70. The lowest BCUT2D eigenvalue weighted by atomic mass is 9.39. The Labute approximate surface area is 182 Å². The van der Waals surface area contributed by atoms with Gasteiger partial charge in [0, 0.05) is 23.1 Å². The van der Waals surface area contributed by atoms with Crippen LogP contribution in [0, 0.1) is 0 Å². The van der Waals surface area contributed by atoms with Crippen LogP contribution in [0.5, 0.6) is 0 Å². The van der Waals surface area contributed by atoms with E-state index in [1.165, 1.54) is 19.2 Å². The number of rotatable bonds is 7. The lowest BCUT2D eigenvalue weighted by Crippen LogP contribution is -2.76. The van der Waals surface area contributed by atoms with E-state index in [1.807, 2.05) is 18.2 Å². The van der Waals surface area contributed by atoms with Crippen LogP contribution in [-0.2, 0) is 20.0 Å². The average Bonchev–Trinajstić information content (AvgIpc) is 3.28. The SMILES string of the molecule is COCCS(=O)(=O)c1ccc(C(=O)NC23CC(c4nc5cc(Cl)ccc5s4)(C2)C3)o1. The van der Waals surface area contributed by atoms with Crippen LogP contribution >= 0.6 is 22.9 Å². The van der Waals surface area contributed by atoms with Crippen LogP contribution in [0.4, 0.5) is 0 Å². The second-order valence-corrected chi connectivity index (χ2v) is 11.6. The molecule has 3 aliphatic rings. The monoisotopic (exact) mass is 466 g/mol. The van der Waals surface area contributed by atoms with Gasteiger partial charge in [0.2, 0.25) is 14.9 Å². The number of nitrogens with zero attached hydrogens (tertiary/aromatic N) is 1. The smallest absolute Gasteiger partial charge is 0.287 e. The molecule has 10 heteroatoms. The Balaban J connectivity index is 1.25. The fourth-order valence-electron chi connectivity index (χ4n) is 4.48. The third-order valence-electron chi connectivity index (χ3n) is 5.88. The van der Waals surface area contributed by atoms with Crippen LogP contribution in [0.1, 0.15) is 34.8 Å². The van der Waals surface area contributed by atoms with Gasteiger partial charge in [-0.1, -0.05) is 11.6 Å². The molecule has 0 aliphatic heterocycles. The van der Waals surface area contributed by atoms with Crippen molar-refractivity contribution in [2.45, 2.75) is 35.3 Å². The number of carbonyl (C=O) groups excluding carboxylic acids is 1. The highest BCUT2D eigenvalue weighted by molar-refractivity contribution is 7.91. The van der Waals surface area contributed by atoms with Gasteiger partial charge in [-0.25, -0.2) is 13.4 Å². The molecule has 1 amide bonds. The van der Waals surface area contributed by atoms with Crippen LogP contribution in [-0.4, -0.2) is 44.3 Å².